The Bertz CT molecular complexity index is 1210. The maximum Gasteiger partial charge on any atom is 0.407 e. The van der Waals surface area contributed by atoms with Crippen LogP contribution >= 0.6 is 0 Å². The highest BCUT2D eigenvalue weighted by atomic mass is 19.1. The molecule has 4 N–H and O–H groups in total. The summed E-state index contributed by atoms with van der Waals surface area (Å²) in [6.45, 7) is 5.46. The van der Waals surface area contributed by atoms with Crippen molar-refractivity contribution in [3.05, 3.63) is 68.7 Å². The van der Waals surface area contributed by atoms with Crippen LogP contribution in [0.3, 0.4) is 0 Å². The van der Waals surface area contributed by atoms with Crippen LogP contribution in [-0.2, 0) is 16.1 Å². The van der Waals surface area contributed by atoms with Gasteiger partial charge in [-0.05, 0) is 32.8 Å². The second-order valence-corrected chi connectivity index (χ2v) is 10.1. The second kappa shape index (κ2) is 11.7. The largest absolute Gasteiger partial charge is 0.444 e. The predicted molar refractivity (Wildman–Crippen MR) is 131 cm³/mol. The van der Waals surface area contributed by atoms with Crippen molar-refractivity contribution in [2.75, 3.05) is 13.1 Å². The van der Waals surface area contributed by atoms with Gasteiger partial charge in [-0.15, -0.1) is 0 Å². The van der Waals surface area contributed by atoms with Gasteiger partial charge < -0.3 is 25.2 Å². The molecule has 0 bridgehead atoms. The summed E-state index contributed by atoms with van der Waals surface area (Å²) in [7, 11) is 0. The molecule has 0 spiro atoms. The highest BCUT2D eigenvalue weighted by Gasteiger charge is 2.44. The number of aliphatic hydroxyl groups excluding tert-OH is 2. The Kier molecular flexibility index (Phi) is 8.87. The molecule has 1 heterocycles. The molecular formula is C25H33FN4O7. The molecule has 0 unspecified atom stereocenters. The number of nitrogens with zero attached hydrogens (tertiary/aromatic N) is 2. The first-order valence-corrected chi connectivity index (χ1v) is 12.0. The Morgan fingerprint density at radius 1 is 1.19 bits per heavy atom. The van der Waals surface area contributed by atoms with Crippen LogP contribution in [0.25, 0.3) is 0 Å². The minimum Gasteiger partial charge on any atom is -0.444 e. The molecule has 0 saturated heterocycles. The molecule has 12 heteroatoms. The fraction of sp³-hybridized carbons (Fsp3) is 0.520. The van der Waals surface area contributed by atoms with Gasteiger partial charge in [0, 0.05) is 32.0 Å². The van der Waals surface area contributed by atoms with Gasteiger partial charge in [-0.3, -0.25) is 19.1 Å². The average molecular weight is 521 g/mol. The number of carbonyl (C=O) groups excluding carboxylic acids is 2. The Balaban J connectivity index is 1.73. The number of H-pyrrole nitrogens is 1. The van der Waals surface area contributed by atoms with E-state index < -0.39 is 52.9 Å². The van der Waals surface area contributed by atoms with Crippen LogP contribution < -0.4 is 16.6 Å². The van der Waals surface area contributed by atoms with E-state index in [9.17, 15) is 33.8 Å². The van der Waals surface area contributed by atoms with E-state index in [1.54, 1.807) is 20.8 Å². The van der Waals surface area contributed by atoms with Crippen molar-refractivity contribution in [3.8, 4) is 0 Å². The molecule has 2 aromatic rings. The standard InChI is InChI=1S/C25H33FN4O7/c1-25(2,3)37-24(36)27-10-9-19(31)29(12-15-7-5-4-6-8-15)13-16-11-18(21(33)20(16)32)30-14-17(26)22(34)28-23(30)35/h4-8,14,16,18,20-21,32-33H,9-13H2,1-3H3,(H,27,36)(H,28,34,35)/t16-,18+,20+,21+/m0/s1. The number of aromatic amines is 1. The summed E-state index contributed by atoms with van der Waals surface area (Å²) in [5.74, 6) is -2.14. The minimum atomic E-state index is -1.42. The van der Waals surface area contributed by atoms with E-state index in [-0.39, 0.29) is 38.4 Å². The number of hydrogen-bond acceptors (Lipinski definition) is 7. The third-order valence-corrected chi connectivity index (χ3v) is 6.08. The Morgan fingerprint density at radius 3 is 2.51 bits per heavy atom. The summed E-state index contributed by atoms with van der Waals surface area (Å²) in [4.78, 5) is 52.0. The summed E-state index contributed by atoms with van der Waals surface area (Å²) >= 11 is 0. The van der Waals surface area contributed by atoms with Crippen molar-refractivity contribution < 1.29 is 28.9 Å². The Hall–Kier alpha value is -3.51. The molecule has 2 amide bonds. The van der Waals surface area contributed by atoms with Crippen LogP contribution in [0.4, 0.5) is 9.18 Å². The van der Waals surface area contributed by atoms with Crippen LogP contribution in [0.2, 0.25) is 0 Å². The number of aromatic nitrogens is 2. The Morgan fingerprint density at radius 2 is 1.86 bits per heavy atom. The number of carbonyl (C=O) groups is 2. The van der Waals surface area contributed by atoms with Crippen molar-refractivity contribution in [3.63, 3.8) is 0 Å². The molecule has 202 valence electrons. The lowest BCUT2D eigenvalue weighted by Gasteiger charge is -2.28. The zero-order valence-corrected chi connectivity index (χ0v) is 21.0. The molecule has 0 aliphatic heterocycles. The maximum absolute atomic E-state index is 13.8. The number of nitrogens with one attached hydrogen (secondary N) is 2. The Labute approximate surface area is 212 Å². The van der Waals surface area contributed by atoms with E-state index in [1.165, 1.54) is 4.90 Å². The topological polar surface area (TPSA) is 154 Å². The molecule has 1 aliphatic carbocycles. The lowest BCUT2D eigenvalue weighted by Crippen LogP contribution is -2.41. The number of rotatable bonds is 8. The van der Waals surface area contributed by atoms with E-state index in [0.29, 0.717) is 6.20 Å². The maximum atomic E-state index is 13.8. The highest BCUT2D eigenvalue weighted by molar-refractivity contribution is 5.77. The molecule has 11 nitrogen and oxygen atoms in total. The molecule has 1 aliphatic rings. The second-order valence-electron chi connectivity index (χ2n) is 10.1. The van der Waals surface area contributed by atoms with Crippen molar-refractivity contribution >= 4 is 12.0 Å². The van der Waals surface area contributed by atoms with Crippen molar-refractivity contribution in [1.82, 2.24) is 19.8 Å². The number of ether oxygens (including phenoxy) is 1. The number of halogens is 1. The number of alkyl carbamates (subject to hydrolysis) is 1. The normalized spacial score (nSPS) is 21.5. The summed E-state index contributed by atoms with van der Waals surface area (Å²) in [5, 5.41) is 23.9. The summed E-state index contributed by atoms with van der Waals surface area (Å²) in [6.07, 6.45) is -2.65. The van der Waals surface area contributed by atoms with E-state index in [2.05, 4.69) is 5.32 Å². The van der Waals surface area contributed by atoms with Gasteiger partial charge in [0.25, 0.3) is 5.56 Å². The van der Waals surface area contributed by atoms with Crippen molar-refractivity contribution in [1.29, 1.82) is 0 Å². The van der Waals surface area contributed by atoms with Crippen LogP contribution in [0.15, 0.2) is 46.1 Å². The van der Waals surface area contributed by atoms with E-state index in [0.717, 1.165) is 10.1 Å². The lowest BCUT2D eigenvalue weighted by atomic mass is 10.0. The number of benzene rings is 1. The van der Waals surface area contributed by atoms with Crippen LogP contribution in [0, 0.1) is 11.7 Å². The minimum absolute atomic E-state index is 0.0313. The zero-order valence-electron chi connectivity index (χ0n) is 21.0. The van der Waals surface area contributed by atoms with Gasteiger partial charge in [-0.2, -0.15) is 4.39 Å². The fourth-order valence-corrected chi connectivity index (χ4v) is 4.35. The molecular weight excluding hydrogens is 487 g/mol. The van der Waals surface area contributed by atoms with Gasteiger partial charge >= 0.3 is 11.8 Å². The lowest BCUT2D eigenvalue weighted by molar-refractivity contribution is -0.133. The third kappa shape index (κ3) is 7.49. The van der Waals surface area contributed by atoms with E-state index in [4.69, 9.17) is 4.74 Å². The van der Waals surface area contributed by atoms with Gasteiger partial charge in [0.05, 0.1) is 18.3 Å². The molecule has 1 fully saturated rings. The predicted octanol–water partition coefficient (Wildman–Crippen LogP) is 0.902. The monoisotopic (exact) mass is 520 g/mol. The smallest absolute Gasteiger partial charge is 0.407 e. The quantitative estimate of drug-likeness (QED) is 0.403. The summed E-state index contributed by atoms with van der Waals surface area (Å²) in [5.41, 5.74) is -1.93. The van der Waals surface area contributed by atoms with Gasteiger partial charge in [-0.1, -0.05) is 30.3 Å². The number of hydrogen-bond donors (Lipinski definition) is 4. The number of aliphatic hydroxyl groups is 2. The van der Waals surface area contributed by atoms with Gasteiger partial charge in [-0.25, -0.2) is 9.59 Å². The molecule has 1 aromatic heterocycles. The molecule has 37 heavy (non-hydrogen) atoms. The number of amides is 2. The molecule has 0 radical (unpaired) electrons. The first-order chi connectivity index (χ1) is 17.4. The fourth-order valence-electron chi connectivity index (χ4n) is 4.35. The summed E-state index contributed by atoms with van der Waals surface area (Å²) in [6, 6.07) is 8.16. The zero-order chi connectivity index (χ0) is 27.3. The highest BCUT2D eigenvalue weighted by Crippen LogP contribution is 2.35. The SMILES string of the molecule is CC(C)(C)OC(=O)NCCC(=O)N(Cc1ccccc1)C[C@@H]1C[C@@H](n2cc(F)c(=O)[nH]c2=O)[C@@H](O)[C@@H]1O. The van der Waals surface area contributed by atoms with Gasteiger partial charge in [0.1, 0.15) is 11.7 Å². The molecule has 4 atom stereocenters. The summed E-state index contributed by atoms with van der Waals surface area (Å²) < 4.78 is 19.9. The molecule has 1 saturated carbocycles. The van der Waals surface area contributed by atoms with Crippen molar-refractivity contribution in [2.45, 2.75) is 64.0 Å². The first kappa shape index (κ1) is 28.1. The van der Waals surface area contributed by atoms with E-state index in [1.807, 2.05) is 35.3 Å². The van der Waals surface area contributed by atoms with Gasteiger partial charge in [0.2, 0.25) is 11.7 Å². The van der Waals surface area contributed by atoms with Crippen LogP contribution in [-0.4, -0.2) is 67.6 Å². The first-order valence-electron chi connectivity index (χ1n) is 12.0. The van der Waals surface area contributed by atoms with Crippen LogP contribution in [0.5, 0.6) is 0 Å². The molecule has 3 rings (SSSR count). The van der Waals surface area contributed by atoms with E-state index >= 15 is 0 Å². The molecule has 1 aromatic carbocycles. The van der Waals surface area contributed by atoms with Crippen LogP contribution in [0.1, 0.15) is 45.2 Å². The van der Waals surface area contributed by atoms with Gasteiger partial charge in [0.15, 0.2) is 0 Å². The average Bonchev–Trinajstić information content (AvgIpc) is 3.08. The van der Waals surface area contributed by atoms with Crippen molar-refractivity contribution in [2.24, 2.45) is 5.92 Å². The third-order valence-electron chi connectivity index (χ3n) is 6.08.